The molecule has 1 heterocycles. The molecule has 0 saturated heterocycles. The standard InChI is InChI=1S/C11H7Cl3N2O/c12-4-7-5-15-11(16-6-7)17-10-3-8(13)1-2-9(10)14/h1-3,5-6H,4H2. The van der Waals surface area contributed by atoms with E-state index in [1.165, 1.54) is 0 Å². The van der Waals surface area contributed by atoms with Crippen molar-refractivity contribution in [2.75, 3.05) is 0 Å². The Kier molecular flexibility index (Phi) is 4.05. The van der Waals surface area contributed by atoms with Crippen LogP contribution in [0.2, 0.25) is 10.0 Å². The minimum Gasteiger partial charge on any atom is -0.423 e. The molecule has 2 aromatic rings. The van der Waals surface area contributed by atoms with E-state index in [9.17, 15) is 0 Å². The van der Waals surface area contributed by atoms with Crippen LogP contribution in [0.3, 0.4) is 0 Å². The molecule has 0 aliphatic carbocycles. The van der Waals surface area contributed by atoms with Gasteiger partial charge in [0.1, 0.15) is 0 Å². The molecule has 0 atom stereocenters. The molecule has 6 heteroatoms. The monoisotopic (exact) mass is 288 g/mol. The summed E-state index contributed by atoms with van der Waals surface area (Å²) >= 11 is 17.4. The number of nitrogens with zero attached hydrogens (tertiary/aromatic N) is 2. The molecule has 2 rings (SSSR count). The molecule has 17 heavy (non-hydrogen) atoms. The van der Waals surface area contributed by atoms with Gasteiger partial charge in [0.2, 0.25) is 0 Å². The van der Waals surface area contributed by atoms with Crippen LogP contribution in [0.15, 0.2) is 30.6 Å². The average molecular weight is 290 g/mol. The summed E-state index contributed by atoms with van der Waals surface area (Å²) in [5.74, 6) is 0.774. The number of ether oxygens (including phenoxy) is 1. The van der Waals surface area contributed by atoms with E-state index >= 15 is 0 Å². The number of alkyl halides is 1. The van der Waals surface area contributed by atoms with Gasteiger partial charge in [0.25, 0.3) is 0 Å². The maximum Gasteiger partial charge on any atom is 0.321 e. The van der Waals surface area contributed by atoms with Gasteiger partial charge in [-0.25, -0.2) is 9.97 Å². The van der Waals surface area contributed by atoms with Crippen LogP contribution in [0.4, 0.5) is 0 Å². The zero-order valence-corrected chi connectivity index (χ0v) is 10.8. The lowest BCUT2D eigenvalue weighted by Crippen LogP contribution is -1.93. The van der Waals surface area contributed by atoms with Gasteiger partial charge in [-0.2, -0.15) is 0 Å². The zero-order chi connectivity index (χ0) is 12.3. The molecule has 0 fully saturated rings. The number of aromatic nitrogens is 2. The van der Waals surface area contributed by atoms with Gasteiger partial charge >= 0.3 is 6.01 Å². The van der Waals surface area contributed by atoms with Gasteiger partial charge < -0.3 is 4.74 Å². The molecule has 1 aromatic carbocycles. The van der Waals surface area contributed by atoms with Gasteiger partial charge in [0, 0.05) is 29.0 Å². The molecule has 3 nitrogen and oxygen atoms in total. The molecule has 0 aliphatic heterocycles. The summed E-state index contributed by atoms with van der Waals surface area (Å²) < 4.78 is 5.41. The van der Waals surface area contributed by atoms with E-state index in [0.29, 0.717) is 21.7 Å². The summed E-state index contributed by atoms with van der Waals surface area (Å²) in [6.07, 6.45) is 3.18. The highest BCUT2D eigenvalue weighted by molar-refractivity contribution is 6.34. The first-order chi connectivity index (χ1) is 8.19. The number of benzene rings is 1. The van der Waals surface area contributed by atoms with Crippen LogP contribution in [0, 0.1) is 0 Å². The third kappa shape index (κ3) is 3.22. The highest BCUT2D eigenvalue weighted by Gasteiger charge is 2.06. The summed E-state index contributed by atoms with van der Waals surface area (Å²) in [5.41, 5.74) is 0.816. The van der Waals surface area contributed by atoms with Crippen LogP contribution in [0.25, 0.3) is 0 Å². The summed E-state index contributed by atoms with van der Waals surface area (Å²) in [7, 11) is 0. The second kappa shape index (κ2) is 5.54. The van der Waals surface area contributed by atoms with Gasteiger partial charge in [-0.1, -0.05) is 23.2 Å². The topological polar surface area (TPSA) is 35.0 Å². The Bertz CT molecular complexity index is 517. The second-order valence-electron chi connectivity index (χ2n) is 3.18. The third-order valence-corrected chi connectivity index (χ3v) is 2.79. The normalized spacial score (nSPS) is 10.3. The molecular formula is C11H7Cl3N2O. The average Bonchev–Trinajstić information content (AvgIpc) is 2.35. The quantitative estimate of drug-likeness (QED) is 0.790. The number of hydrogen-bond donors (Lipinski definition) is 0. The molecule has 88 valence electrons. The zero-order valence-electron chi connectivity index (χ0n) is 8.53. The third-order valence-electron chi connectivity index (χ3n) is 1.93. The molecule has 0 saturated carbocycles. The van der Waals surface area contributed by atoms with Crippen molar-refractivity contribution in [2.24, 2.45) is 0 Å². The van der Waals surface area contributed by atoms with Crippen molar-refractivity contribution >= 4 is 34.8 Å². The number of hydrogen-bond acceptors (Lipinski definition) is 3. The van der Waals surface area contributed by atoms with Crippen molar-refractivity contribution in [3.05, 3.63) is 46.2 Å². The number of rotatable bonds is 3. The fourth-order valence-electron chi connectivity index (χ4n) is 1.12. The Morgan fingerprint density at radius 1 is 1.12 bits per heavy atom. The smallest absolute Gasteiger partial charge is 0.321 e. The Labute approximate surface area is 113 Å². The van der Waals surface area contributed by atoms with E-state index in [1.807, 2.05) is 0 Å². The summed E-state index contributed by atoms with van der Waals surface area (Å²) in [4.78, 5) is 7.99. The van der Waals surface area contributed by atoms with Gasteiger partial charge in [-0.05, 0) is 12.1 Å². The minimum absolute atomic E-state index is 0.197. The number of halogens is 3. The predicted molar refractivity (Wildman–Crippen MR) is 68.1 cm³/mol. The Morgan fingerprint density at radius 3 is 2.47 bits per heavy atom. The van der Waals surface area contributed by atoms with Crippen LogP contribution in [-0.2, 0) is 5.88 Å². The second-order valence-corrected chi connectivity index (χ2v) is 4.30. The van der Waals surface area contributed by atoms with E-state index in [2.05, 4.69) is 9.97 Å². The maximum absolute atomic E-state index is 5.94. The molecule has 0 amide bonds. The van der Waals surface area contributed by atoms with Gasteiger partial charge in [0.15, 0.2) is 5.75 Å². The molecule has 0 radical (unpaired) electrons. The van der Waals surface area contributed by atoms with Crippen molar-refractivity contribution in [3.8, 4) is 11.8 Å². The molecule has 0 bridgehead atoms. The van der Waals surface area contributed by atoms with Crippen molar-refractivity contribution in [1.82, 2.24) is 9.97 Å². The van der Waals surface area contributed by atoms with Crippen molar-refractivity contribution < 1.29 is 4.74 Å². The van der Waals surface area contributed by atoms with Gasteiger partial charge in [-0.15, -0.1) is 11.6 Å². The summed E-state index contributed by atoms with van der Waals surface area (Å²) in [5, 5.41) is 0.973. The van der Waals surface area contributed by atoms with Crippen LogP contribution >= 0.6 is 34.8 Å². The van der Waals surface area contributed by atoms with Gasteiger partial charge in [-0.3, -0.25) is 0 Å². The van der Waals surface area contributed by atoms with E-state index < -0.39 is 0 Å². The van der Waals surface area contributed by atoms with E-state index in [1.54, 1.807) is 30.6 Å². The maximum atomic E-state index is 5.94. The first-order valence-corrected chi connectivity index (χ1v) is 5.98. The summed E-state index contributed by atoms with van der Waals surface area (Å²) in [6, 6.07) is 5.12. The predicted octanol–water partition coefficient (Wildman–Crippen LogP) is 4.31. The van der Waals surface area contributed by atoms with Crippen molar-refractivity contribution in [1.29, 1.82) is 0 Å². The lowest BCUT2D eigenvalue weighted by molar-refractivity contribution is 0.441. The molecule has 1 aromatic heterocycles. The Balaban J connectivity index is 2.22. The minimum atomic E-state index is 0.197. The molecule has 0 N–H and O–H groups in total. The fraction of sp³-hybridized carbons (Fsp3) is 0.0909. The van der Waals surface area contributed by atoms with Crippen molar-refractivity contribution in [2.45, 2.75) is 5.88 Å². The molecule has 0 spiro atoms. The van der Waals surface area contributed by atoms with Crippen LogP contribution in [0.5, 0.6) is 11.8 Å². The first kappa shape index (κ1) is 12.4. The van der Waals surface area contributed by atoms with Crippen molar-refractivity contribution in [3.63, 3.8) is 0 Å². The first-order valence-electron chi connectivity index (χ1n) is 4.69. The highest BCUT2D eigenvalue weighted by atomic mass is 35.5. The van der Waals surface area contributed by atoms with Crippen LogP contribution in [0.1, 0.15) is 5.56 Å². The Hall–Kier alpha value is -1.03. The van der Waals surface area contributed by atoms with E-state index in [0.717, 1.165) is 5.56 Å². The molecule has 0 unspecified atom stereocenters. The highest BCUT2D eigenvalue weighted by Crippen LogP contribution is 2.30. The van der Waals surface area contributed by atoms with Gasteiger partial charge in [0.05, 0.1) is 10.9 Å². The lowest BCUT2D eigenvalue weighted by atomic mass is 10.3. The molecular weight excluding hydrogens is 282 g/mol. The lowest BCUT2D eigenvalue weighted by Gasteiger charge is -2.06. The van der Waals surface area contributed by atoms with E-state index in [-0.39, 0.29) is 6.01 Å². The van der Waals surface area contributed by atoms with Crippen LogP contribution in [-0.4, -0.2) is 9.97 Å². The summed E-state index contributed by atoms with van der Waals surface area (Å²) in [6.45, 7) is 0. The largest absolute Gasteiger partial charge is 0.423 e. The SMILES string of the molecule is ClCc1cnc(Oc2cc(Cl)ccc2Cl)nc1. The Morgan fingerprint density at radius 2 is 1.82 bits per heavy atom. The van der Waals surface area contributed by atoms with E-state index in [4.69, 9.17) is 39.5 Å². The molecule has 0 aliphatic rings. The van der Waals surface area contributed by atoms with Crippen LogP contribution < -0.4 is 4.74 Å². The fourth-order valence-corrected chi connectivity index (χ4v) is 1.57.